The second kappa shape index (κ2) is 9.67. The summed E-state index contributed by atoms with van der Waals surface area (Å²) in [7, 11) is -1.73. The van der Waals surface area contributed by atoms with Crippen LogP contribution in [0.5, 0.6) is 17.2 Å². The molecular formula is C24H17F6N3O4S. The number of ether oxygens (including phenoxy) is 2. The molecule has 0 amide bonds. The van der Waals surface area contributed by atoms with Crippen LogP contribution in [0.25, 0.3) is 22.2 Å². The molecule has 0 saturated heterocycles. The Labute approximate surface area is 211 Å². The van der Waals surface area contributed by atoms with Gasteiger partial charge in [0, 0.05) is 40.1 Å². The number of hydrogen-bond acceptors (Lipinski definition) is 6. The number of halogens is 6. The first-order valence-corrected chi connectivity index (χ1v) is 12.8. The van der Waals surface area contributed by atoms with Crippen LogP contribution in [0.1, 0.15) is 5.56 Å². The third-order valence-electron chi connectivity index (χ3n) is 5.13. The number of H-pyrrole nitrogens is 1. The van der Waals surface area contributed by atoms with Crippen molar-refractivity contribution in [2.24, 2.45) is 4.36 Å². The lowest BCUT2D eigenvalue weighted by molar-refractivity contribution is -0.140. The third kappa shape index (κ3) is 5.30. The van der Waals surface area contributed by atoms with Crippen LogP contribution >= 0.6 is 0 Å². The van der Waals surface area contributed by atoms with Crippen LogP contribution in [0.2, 0.25) is 0 Å². The van der Waals surface area contributed by atoms with Gasteiger partial charge in [-0.2, -0.15) is 21.9 Å². The Morgan fingerprint density at radius 1 is 1.00 bits per heavy atom. The fourth-order valence-electron chi connectivity index (χ4n) is 3.57. The molecule has 2 aromatic carbocycles. The first-order chi connectivity index (χ1) is 17.7. The number of fused-ring (bicyclic) bond motifs is 1. The Morgan fingerprint density at radius 3 is 2.34 bits per heavy atom. The van der Waals surface area contributed by atoms with Gasteiger partial charge in [-0.15, -0.1) is 0 Å². The second-order valence-electron chi connectivity index (χ2n) is 8.20. The zero-order valence-corrected chi connectivity index (χ0v) is 20.6. The van der Waals surface area contributed by atoms with Crippen molar-refractivity contribution < 1.29 is 40.0 Å². The number of aromatic amines is 1. The van der Waals surface area contributed by atoms with E-state index >= 15 is 0 Å². The molecule has 14 heteroatoms. The molecule has 0 aliphatic carbocycles. The number of nitrogens with zero attached hydrogens (tertiary/aromatic N) is 2. The summed E-state index contributed by atoms with van der Waals surface area (Å²) < 4.78 is 109. The standard InChI is InChI=1S/C24H17F6N3O4S/c1-36-22-18(5-4-13(25)21(22)27)37-19-9-12(24(28,29)30)14(26)8-11(19)16-10-17(34)20-15(32-16)6-7-31-23(20)33-38(2,3)35/h4-10H,1-3H3,(H,32,34). The number of hydrogen-bond donors (Lipinski definition) is 1. The van der Waals surface area contributed by atoms with E-state index in [0.29, 0.717) is 18.2 Å². The summed E-state index contributed by atoms with van der Waals surface area (Å²) in [6.45, 7) is 0. The molecule has 200 valence electrons. The number of benzene rings is 2. The number of nitrogens with one attached hydrogen (secondary N) is 1. The van der Waals surface area contributed by atoms with Gasteiger partial charge < -0.3 is 14.5 Å². The zero-order valence-electron chi connectivity index (χ0n) is 19.7. The molecule has 7 nitrogen and oxygen atoms in total. The highest BCUT2D eigenvalue weighted by atomic mass is 32.2. The highest BCUT2D eigenvalue weighted by molar-refractivity contribution is 7.92. The first kappa shape index (κ1) is 27.0. The van der Waals surface area contributed by atoms with E-state index < -0.39 is 61.6 Å². The van der Waals surface area contributed by atoms with E-state index in [1.54, 1.807) is 0 Å². The quantitative estimate of drug-likeness (QED) is 0.296. The van der Waals surface area contributed by atoms with Crippen LogP contribution in [0.4, 0.5) is 32.2 Å². The second-order valence-corrected chi connectivity index (χ2v) is 10.7. The van der Waals surface area contributed by atoms with Gasteiger partial charge in [0.05, 0.1) is 29.3 Å². The third-order valence-corrected chi connectivity index (χ3v) is 5.74. The van der Waals surface area contributed by atoms with Gasteiger partial charge in [0.15, 0.2) is 22.8 Å². The Balaban J connectivity index is 1.99. The van der Waals surface area contributed by atoms with Crippen LogP contribution in [-0.2, 0) is 15.9 Å². The van der Waals surface area contributed by atoms with E-state index in [4.69, 9.17) is 9.47 Å². The molecular weight excluding hydrogens is 540 g/mol. The normalized spacial score (nSPS) is 12.0. The number of aromatic nitrogens is 2. The molecule has 4 rings (SSSR count). The van der Waals surface area contributed by atoms with Crippen LogP contribution in [-0.4, -0.2) is 33.8 Å². The van der Waals surface area contributed by atoms with Crippen molar-refractivity contribution in [2.45, 2.75) is 6.18 Å². The van der Waals surface area contributed by atoms with E-state index in [9.17, 15) is 35.3 Å². The molecule has 0 radical (unpaired) electrons. The van der Waals surface area contributed by atoms with Gasteiger partial charge >= 0.3 is 6.18 Å². The molecule has 0 unspecified atom stereocenters. The van der Waals surface area contributed by atoms with Crippen LogP contribution in [0.3, 0.4) is 0 Å². The fourth-order valence-corrected chi connectivity index (χ4v) is 4.13. The van der Waals surface area contributed by atoms with Gasteiger partial charge in [-0.25, -0.2) is 18.0 Å². The first-order valence-electron chi connectivity index (χ1n) is 10.5. The van der Waals surface area contributed by atoms with Crippen molar-refractivity contribution in [2.75, 3.05) is 19.6 Å². The predicted molar refractivity (Wildman–Crippen MR) is 128 cm³/mol. The predicted octanol–water partition coefficient (Wildman–Crippen LogP) is 6.19. The molecule has 38 heavy (non-hydrogen) atoms. The molecule has 2 heterocycles. The molecule has 4 aromatic rings. The summed E-state index contributed by atoms with van der Waals surface area (Å²) in [5.74, 6) is -6.49. The van der Waals surface area contributed by atoms with Gasteiger partial charge in [-0.1, -0.05) is 0 Å². The number of methoxy groups -OCH3 is 1. The van der Waals surface area contributed by atoms with Crippen LogP contribution in [0.15, 0.2) is 51.8 Å². The minimum absolute atomic E-state index is 0.0650. The number of pyridine rings is 2. The summed E-state index contributed by atoms with van der Waals surface area (Å²) in [6.07, 6.45) is -1.22. The number of rotatable bonds is 5. The van der Waals surface area contributed by atoms with Gasteiger partial charge in [0.25, 0.3) is 0 Å². The smallest absolute Gasteiger partial charge is 0.419 e. The van der Waals surface area contributed by atoms with Gasteiger partial charge in [0.1, 0.15) is 11.6 Å². The molecule has 0 saturated carbocycles. The van der Waals surface area contributed by atoms with E-state index in [-0.39, 0.29) is 28.0 Å². The summed E-state index contributed by atoms with van der Waals surface area (Å²) in [6, 6.07) is 4.67. The summed E-state index contributed by atoms with van der Waals surface area (Å²) >= 11 is 0. The number of alkyl halides is 3. The van der Waals surface area contributed by atoms with E-state index in [2.05, 4.69) is 14.3 Å². The zero-order chi connectivity index (χ0) is 28.0. The average molecular weight is 557 g/mol. The van der Waals surface area contributed by atoms with Gasteiger partial charge in [-0.05, 0) is 30.3 Å². The van der Waals surface area contributed by atoms with E-state index in [1.165, 1.54) is 24.8 Å². The lowest BCUT2D eigenvalue weighted by atomic mass is 10.0. The van der Waals surface area contributed by atoms with Crippen molar-refractivity contribution in [3.8, 4) is 28.5 Å². The van der Waals surface area contributed by atoms with Crippen molar-refractivity contribution in [1.29, 1.82) is 0 Å². The topological polar surface area (TPSA) is 93.6 Å². The monoisotopic (exact) mass is 557 g/mol. The van der Waals surface area contributed by atoms with Crippen molar-refractivity contribution in [3.63, 3.8) is 0 Å². The highest BCUT2D eigenvalue weighted by Gasteiger charge is 2.36. The van der Waals surface area contributed by atoms with Gasteiger partial charge in [0.2, 0.25) is 11.6 Å². The van der Waals surface area contributed by atoms with Crippen molar-refractivity contribution in [1.82, 2.24) is 9.97 Å². The minimum atomic E-state index is -5.13. The van der Waals surface area contributed by atoms with E-state index in [1.807, 2.05) is 0 Å². The van der Waals surface area contributed by atoms with Crippen LogP contribution in [0, 0.1) is 17.5 Å². The SMILES string of the molecule is COc1c(Oc2cc(C(F)(F)F)c(F)cc2-c2cc(=O)c3c(N=S(C)(C)=O)nccc3[nH]2)ccc(F)c1F. The molecule has 0 aliphatic rings. The lowest BCUT2D eigenvalue weighted by Crippen LogP contribution is -2.10. The van der Waals surface area contributed by atoms with Crippen molar-refractivity contribution in [3.05, 3.63) is 75.8 Å². The molecule has 2 aromatic heterocycles. The molecule has 0 spiro atoms. The minimum Gasteiger partial charge on any atom is -0.490 e. The Bertz CT molecular complexity index is 1750. The highest BCUT2D eigenvalue weighted by Crippen LogP contribution is 2.43. The van der Waals surface area contributed by atoms with Gasteiger partial charge in [-0.3, -0.25) is 4.79 Å². The lowest BCUT2D eigenvalue weighted by Gasteiger charge is -2.17. The Morgan fingerprint density at radius 2 is 1.71 bits per heavy atom. The Kier molecular flexibility index (Phi) is 6.86. The van der Waals surface area contributed by atoms with Crippen molar-refractivity contribution >= 4 is 26.4 Å². The Hall–Kier alpha value is -4.07. The molecule has 0 atom stereocenters. The molecule has 0 bridgehead atoms. The summed E-state index contributed by atoms with van der Waals surface area (Å²) in [4.78, 5) is 19.7. The maximum atomic E-state index is 14.6. The average Bonchev–Trinajstić information content (AvgIpc) is 2.80. The van der Waals surface area contributed by atoms with Crippen LogP contribution < -0.4 is 14.9 Å². The maximum absolute atomic E-state index is 14.6. The fraction of sp³-hybridized carbons (Fsp3) is 0.167. The maximum Gasteiger partial charge on any atom is 0.419 e. The summed E-state index contributed by atoms with van der Waals surface area (Å²) in [5.41, 5.74) is -2.86. The molecule has 1 N–H and O–H groups in total. The van der Waals surface area contributed by atoms with E-state index in [0.717, 1.165) is 19.2 Å². The largest absolute Gasteiger partial charge is 0.490 e. The summed E-state index contributed by atoms with van der Waals surface area (Å²) in [5, 5.41) is -0.0650. The molecule has 0 fully saturated rings. The molecule has 0 aliphatic heterocycles.